The Balaban J connectivity index is 1.80. The van der Waals surface area contributed by atoms with Gasteiger partial charge in [0, 0.05) is 17.7 Å². The van der Waals surface area contributed by atoms with Gasteiger partial charge in [-0.15, -0.1) is 0 Å². The normalized spacial score (nSPS) is 13.4. The fourth-order valence-corrected chi connectivity index (χ4v) is 2.30. The largest absolute Gasteiger partial charge is 0.493 e. The van der Waals surface area contributed by atoms with E-state index in [0.717, 1.165) is 29.9 Å². The number of hydrogen-bond donors (Lipinski definition) is 1. The second kappa shape index (κ2) is 5.36. The minimum absolute atomic E-state index is 0.108. The van der Waals surface area contributed by atoms with Crippen LogP contribution in [0.2, 0.25) is 0 Å². The van der Waals surface area contributed by atoms with Gasteiger partial charge in [-0.1, -0.05) is 6.07 Å². The second-order valence-electron chi connectivity index (χ2n) is 4.95. The molecular formula is C16H12F3NO2. The summed E-state index contributed by atoms with van der Waals surface area (Å²) in [5, 5.41) is 2.48. The molecule has 22 heavy (non-hydrogen) atoms. The lowest BCUT2D eigenvalue weighted by atomic mass is 10.1. The molecular weight excluding hydrogens is 295 g/mol. The molecule has 2 aromatic rings. The predicted molar refractivity (Wildman–Crippen MR) is 75.0 cm³/mol. The molecule has 0 atom stereocenters. The van der Waals surface area contributed by atoms with Gasteiger partial charge in [0.15, 0.2) is 0 Å². The number of amides is 1. The topological polar surface area (TPSA) is 38.3 Å². The van der Waals surface area contributed by atoms with Gasteiger partial charge >= 0.3 is 6.18 Å². The Morgan fingerprint density at radius 2 is 1.95 bits per heavy atom. The lowest BCUT2D eigenvalue weighted by molar-refractivity contribution is -0.137. The van der Waals surface area contributed by atoms with Gasteiger partial charge in [-0.3, -0.25) is 4.79 Å². The number of ether oxygens (including phenoxy) is 1. The summed E-state index contributed by atoms with van der Waals surface area (Å²) < 4.78 is 43.3. The molecule has 6 heteroatoms. The van der Waals surface area contributed by atoms with Crippen LogP contribution in [0.5, 0.6) is 5.75 Å². The maximum absolute atomic E-state index is 12.7. The molecule has 3 rings (SSSR count). The Morgan fingerprint density at radius 1 is 1.14 bits per heavy atom. The zero-order chi connectivity index (χ0) is 15.7. The third kappa shape index (κ3) is 2.90. The number of benzene rings is 2. The Kier molecular flexibility index (Phi) is 3.52. The van der Waals surface area contributed by atoms with Crippen molar-refractivity contribution in [1.82, 2.24) is 0 Å². The summed E-state index contributed by atoms with van der Waals surface area (Å²) in [6.45, 7) is 0.577. The molecule has 0 saturated carbocycles. The smallest absolute Gasteiger partial charge is 0.416 e. The van der Waals surface area contributed by atoms with E-state index in [1.165, 1.54) is 12.1 Å². The first-order chi connectivity index (χ1) is 10.4. The van der Waals surface area contributed by atoms with E-state index in [-0.39, 0.29) is 5.69 Å². The van der Waals surface area contributed by atoms with Gasteiger partial charge in [0.2, 0.25) is 0 Å². The molecule has 0 radical (unpaired) electrons. The van der Waals surface area contributed by atoms with Crippen molar-refractivity contribution in [3.05, 3.63) is 59.2 Å². The summed E-state index contributed by atoms with van der Waals surface area (Å²) in [4.78, 5) is 12.1. The lowest BCUT2D eigenvalue weighted by Gasteiger charge is -2.10. The highest BCUT2D eigenvalue weighted by Gasteiger charge is 2.30. The molecule has 3 nitrogen and oxygen atoms in total. The van der Waals surface area contributed by atoms with Gasteiger partial charge in [-0.2, -0.15) is 13.2 Å². The third-order valence-corrected chi connectivity index (χ3v) is 3.40. The molecule has 1 N–H and O–H groups in total. The quantitative estimate of drug-likeness (QED) is 0.914. The van der Waals surface area contributed by atoms with Gasteiger partial charge in [0.25, 0.3) is 5.91 Å². The molecule has 1 heterocycles. The van der Waals surface area contributed by atoms with E-state index in [9.17, 15) is 18.0 Å². The fourth-order valence-electron chi connectivity index (χ4n) is 2.30. The van der Waals surface area contributed by atoms with Gasteiger partial charge in [-0.05, 0) is 42.0 Å². The number of fused-ring (bicyclic) bond motifs is 1. The molecule has 114 valence electrons. The fraction of sp³-hybridized carbons (Fsp3) is 0.188. The van der Waals surface area contributed by atoms with Crippen LogP contribution in [0.4, 0.5) is 18.9 Å². The number of halogens is 3. The van der Waals surface area contributed by atoms with E-state index >= 15 is 0 Å². The summed E-state index contributed by atoms with van der Waals surface area (Å²) in [6, 6.07) is 9.54. The van der Waals surface area contributed by atoms with Crippen molar-refractivity contribution in [2.24, 2.45) is 0 Å². The number of hydrogen-bond acceptors (Lipinski definition) is 2. The third-order valence-electron chi connectivity index (χ3n) is 3.40. The van der Waals surface area contributed by atoms with Gasteiger partial charge < -0.3 is 10.1 Å². The SMILES string of the molecule is O=C(Nc1cccc(C(F)(F)F)c1)c1ccc2c(c1)CCO2. The van der Waals surface area contributed by atoms with Crippen LogP contribution in [0.1, 0.15) is 21.5 Å². The maximum atomic E-state index is 12.7. The van der Waals surface area contributed by atoms with Crippen LogP contribution in [0.3, 0.4) is 0 Å². The van der Waals surface area contributed by atoms with Crippen LogP contribution in [0, 0.1) is 0 Å². The van der Waals surface area contributed by atoms with E-state index < -0.39 is 17.6 Å². The van der Waals surface area contributed by atoms with Crippen molar-refractivity contribution in [3.8, 4) is 5.75 Å². The standard InChI is InChI=1S/C16H12F3NO2/c17-16(18,19)12-2-1-3-13(9-12)20-15(21)11-4-5-14-10(8-11)6-7-22-14/h1-5,8-9H,6-7H2,(H,20,21). The van der Waals surface area contributed by atoms with Crippen molar-refractivity contribution in [2.45, 2.75) is 12.6 Å². The van der Waals surface area contributed by atoms with Gasteiger partial charge in [0.05, 0.1) is 12.2 Å². The lowest BCUT2D eigenvalue weighted by Crippen LogP contribution is -2.13. The Morgan fingerprint density at radius 3 is 2.73 bits per heavy atom. The van der Waals surface area contributed by atoms with Gasteiger partial charge in [-0.25, -0.2) is 0 Å². The minimum atomic E-state index is -4.44. The minimum Gasteiger partial charge on any atom is -0.493 e. The first-order valence-electron chi connectivity index (χ1n) is 6.68. The molecule has 0 saturated heterocycles. The summed E-state index contributed by atoms with van der Waals surface area (Å²) in [5.41, 5.74) is 0.627. The maximum Gasteiger partial charge on any atom is 0.416 e. The van der Waals surface area contributed by atoms with Crippen molar-refractivity contribution in [3.63, 3.8) is 0 Å². The molecule has 0 unspecified atom stereocenters. The van der Waals surface area contributed by atoms with Crippen molar-refractivity contribution in [1.29, 1.82) is 0 Å². The van der Waals surface area contributed by atoms with E-state index in [1.54, 1.807) is 18.2 Å². The Bertz CT molecular complexity index is 726. The van der Waals surface area contributed by atoms with Crippen LogP contribution in [0.25, 0.3) is 0 Å². The Labute approximate surface area is 124 Å². The summed E-state index contributed by atoms with van der Waals surface area (Å²) in [5.74, 6) is 0.296. The number of alkyl halides is 3. The zero-order valence-electron chi connectivity index (χ0n) is 11.4. The molecule has 1 aliphatic rings. The van der Waals surface area contributed by atoms with Gasteiger partial charge in [0.1, 0.15) is 5.75 Å². The second-order valence-corrected chi connectivity index (χ2v) is 4.95. The van der Waals surface area contributed by atoms with Crippen LogP contribution in [-0.2, 0) is 12.6 Å². The van der Waals surface area contributed by atoms with E-state index in [2.05, 4.69) is 5.32 Å². The first-order valence-corrected chi connectivity index (χ1v) is 6.68. The van der Waals surface area contributed by atoms with Crippen LogP contribution in [0.15, 0.2) is 42.5 Å². The number of carbonyl (C=O) groups excluding carboxylic acids is 1. The average Bonchev–Trinajstić information content (AvgIpc) is 2.94. The predicted octanol–water partition coefficient (Wildman–Crippen LogP) is 3.89. The van der Waals surface area contributed by atoms with Crippen molar-refractivity contribution < 1.29 is 22.7 Å². The van der Waals surface area contributed by atoms with Crippen LogP contribution >= 0.6 is 0 Å². The van der Waals surface area contributed by atoms with Crippen LogP contribution in [-0.4, -0.2) is 12.5 Å². The van der Waals surface area contributed by atoms with E-state index in [4.69, 9.17) is 4.74 Å². The van der Waals surface area contributed by atoms with Crippen LogP contribution < -0.4 is 10.1 Å². The highest BCUT2D eigenvalue weighted by atomic mass is 19.4. The molecule has 1 aliphatic heterocycles. The molecule has 2 aromatic carbocycles. The summed E-state index contributed by atoms with van der Waals surface area (Å²) in [7, 11) is 0. The van der Waals surface area contributed by atoms with Crippen molar-refractivity contribution in [2.75, 3.05) is 11.9 Å². The summed E-state index contributed by atoms with van der Waals surface area (Å²) >= 11 is 0. The van der Waals surface area contributed by atoms with Crippen molar-refractivity contribution >= 4 is 11.6 Å². The number of carbonyl (C=O) groups is 1. The number of anilines is 1. The molecule has 0 aliphatic carbocycles. The zero-order valence-corrected chi connectivity index (χ0v) is 11.4. The monoisotopic (exact) mass is 307 g/mol. The summed E-state index contributed by atoms with van der Waals surface area (Å²) in [6.07, 6.45) is -3.72. The molecule has 0 aromatic heterocycles. The molecule has 1 amide bonds. The highest BCUT2D eigenvalue weighted by molar-refractivity contribution is 6.04. The molecule has 0 bridgehead atoms. The Hall–Kier alpha value is -2.50. The number of rotatable bonds is 2. The highest BCUT2D eigenvalue weighted by Crippen LogP contribution is 2.31. The molecule has 0 fully saturated rings. The van der Waals surface area contributed by atoms with E-state index in [1.807, 2.05) is 0 Å². The molecule has 0 spiro atoms. The van der Waals surface area contributed by atoms with E-state index in [0.29, 0.717) is 12.2 Å². The average molecular weight is 307 g/mol. The number of nitrogens with one attached hydrogen (secondary N) is 1. The first kappa shape index (κ1) is 14.4.